The van der Waals surface area contributed by atoms with Crippen molar-refractivity contribution in [2.24, 2.45) is 0 Å². The molecule has 1 aromatic carbocycles. The fourth-order valence-corrected chi connectivity index (χ4v) is 3.73. The number of hydrogen-bond acceptors (Lipinski definition) is 4. The highest BCUT2D eigenvalue weighted by atomic mass is 35.5. The first-order chi connectivity index (χ1) is 11.6. The van der Waals surface area contributed by atoms with E-state index in [9.17, 15) is 9.59 Å². The van der Waals surface area contributed by atoms with Gasteiger partial charge in [0, 0.05) is 12.2 Å². The lowest BCUT2D eigenvalue weighted by atomic mass is 10.2. The first-order valence-corrected chi connectivity index (χ1v) is 8.85. The average molecular weight is 365 g/mol. The number of benzene rings is 1. The van der Waals surface area contributed by atoms with Gasteiger partial charge in [-0.3, -0.25) is 9.59 Å². The van der Waals surface area contributed by atoms with E-state index >= 15 is 0 Å². The minimum Gasteiger partial charge on any atom is -0.495 e. The summed E-state index contributed by atoms with van der Waals surface area (Å²) in [6.07, 6.45) is 1.48. The van der Waals surface area contributed by atoms with E-state index in [1.807, 2.05) is 11.4 Å². The molecule has 0 spiro atoms. The topological polar surface area (TPSA) is 58.6 Å². The third kappa shape index (κ3) is 3.39. The molecule has 1 aliphatic rings. The zero-order valence-corrected chi connectivity index (χ0v) is 14.7. The number of hydrogen-bond donors (Lipinski definition) is 1. The van der Waals surface area contributed by atoms with Gasteiger partial charge < -0.3 is 15.0 Å². The van der Waals surface area contributed by atoms with Gasteiger partial charge in [0.1, 0.15) is 11.8 Å². The molecule has 2 aromatic rings. The fourth-order valence-electron chi connectivity index (χ4n) is 2.79. The summed E-state index contributed by atoms with van der Waals surface area (Å²) < 4.78 is 5.10. The number of likely N-dealkylation sites (tertiary alicyclic amines) is 1. The Morgan fingerprint density at radius 1 is 1.38 bits per heavy atom. The van der Waals surface area contributed by atoms with Crippen LogP contribution in [-0.4, -0.2) is 36.4 Å². The van der Waals surface area contributed by atoms with Crippen molar-refractivity contribution in [1.82, 2.24) is 4.90 Å². The van der Waals surface area contributed by atoms with Crippen LogP contribution in [-0.2, 0) is 4.79 Å². The van der Waals surface area contributed by atoms with Gasteiger partial charge in [-0.2, -0.15) is 0 Å². The third-order valence-electron chi connectivity index (χ3n) is 3.97. The molecule has 1 N–H and O–H groups in total. The van der Waals surface area contributed by atoms with Gasteiger partial charge >= 0.3 is 0 Å². The minimum atomic E-state index is -0.458. The third-order valence-corrected chi connectivity index (χ3v) is 5.12. The summed E-state index contributed by atoms with van der Waals surface area (Å²) in [6.45, 7) is 0.595. The number of rotatable bonds is 4. The van der Waals surface area contributed by atoms with Crippen LogP contribution in [0.1, 0.15) is 22.5 Å². The highest BCUT2D eigenvalue weighted by molar-refractivity contribution is 7.12. The van der Waals surface area contributed by atoms with Crippen LogP contribution in [0.15, 0.2) is 35.7 Å². The van der Waals surface area contributed by atoms with Crippen molar-refractivity contribution in [3.05, 3.63) is 45.6 Å². The molecule has 1 aliphatic heterocycles. The van der Waals surface area contributed by atoms with Crippen LogP contribution in [0.2, 0.25) is 5.02 Å². The summed E-state index contributed by atoms with van der Waals surface area (Å²) in [7, 11) is 1.53. The molecule has 7 heteroatoms. The highest BCUT2D eigenvalue weighted by Crippen LogP contribution is 2.28. The number of nitrogens with one attached hydrogen (secondary N) is 1. The molecule has 24 heavy (non-hydrogen) atoms. The van der Waals surface area contributed by atoms with E-state index < -0.39 is 6.04 Å². The summed E-state index contributed by atoms with van der Waals surface area (Å²) in [5, 5.41) is 5.12. The number of amides is 2. The van der Waals surface area contributed by atoms with Gasteiger partial charge in [-0.05, 0) is 42.5 Å². The van der Waals surface area contributed by atoms with Gasteiger partial charge in [-0.1, -0.05) is 17.7 Å². The van der Waals surface area contributed by atoms with Crippen LogP contribution < -0.4 is 10.1 Å². The Labute approximate surface area is 149 Å². The van der Waals surface area contributed by atoms with Crippen LogP contribution in [0.3, 0.4) is 0 Å². The molecule has 2 amide bonds. The largest absolute Gasteiger partial charge is 0.495 e. The molecule has 0 aliphatic carbocycles. The normalized spacial score (nSPS) is 16.9. The Morgan fingerprint density at radius 3 is 2.88 bits per heavy atom. The Hall–Kier alpha value is -2.05. The molecule has 0 bridgehead atoms. The molecule has 126 valence electrons. The van der Waals surface area contributed by atoms with E-state index in [-0.39, 0.29) is 11.8 Å². The number of thiophene rings is 1. The lowest BCUT2D eigenvalue weighted by molar-refractivity contribution is -0.119. The Bertz CT molecular complexity index is 748. The standard InChI is InChI=1S/C17H17ClN2O3S/c1-23-14-7-6-11(10-12(14)18)19-16(21)13-4-2-8-20(13)17(22)15-5-3-9-24-15/h3,5-7,9-10,13H,2,4,8H2,1H3,(H,19,21)/t13-/m1/s1. The number of nitrogens with zero attached hydrogens (tertiary/aromatic N) is 1. The summed E-state index contributed by atoms with van der Waals surface area (Å²) in [5.41, 5.74) is 0.584. The van der Waals surface area contributed by atoms with E-state index in [1.54, 1.807) is 29.2 Å². The lowest BCUT2D eigenvalue weighted by Gasteiger charge is -2.23. The van der Waals surface area contributed by atoms with Crippen molar-refractivity contribution in [1.29, 1.82) is 0 Å². The number of ether oxygens (including phenoxy) is 1. The molecule has 0 radical (unpaired) electrons. The Kier molecular flexibility index (Phi) is 5.06. The maximum Gasteiger partial charge on any atom is 0.264 e. The van der Waals surface area contributed by atoms with Gasteiger partial charge in [0.25, 0.3) is 5.91 Å². The van der Waals surface area contributed by atoms with Crippen molar-refractivity contribution < 1.29 is 14.3 Å². The quantitative estimate of drug-likeness (QED) is 0.900. The van der Waals surface area contributed by atoms with Crippen LogP contribution in [0, 0.1) is 0 Å². The molecule has 1 atom stereocenters. The average Bonchev–Trinajstić information content (AvgIpc) is 3.26. The molecular formula is C17H17ClN2O3S. The summed E-state index contributed by atoms with van der Waals surface area (Å²) in [5.74, 6) is 0.263. The number of carbonyl (C=O) groups is 2. The van der Waals surface area contributed by atoms with Gasteiger partial charge in [0.05, 0.1) is 17.0 Å². The van der Waals surface area contributed by atoms with Crippen LogP contribution in [0.25, 0.3) is 0 Å². The van der Waals surface area contributed by atoms with Gasteiger partial charge in [-0.25, -0.2) is 0 Å². The second kappa shape index (κ2) is 7.23. The van der Waals surface area contributed by atoms with E-state index in [2.05, 4.69) is 5.32 Å². The van der Waals surface area contributed by atoms with E-state index in [1.165, 1.54) is 18.4 Å². The van der Waals surface area contributed by atoms with Crippen molar-refractivity contribution in [3.63, 3.8) is 0 Å². The predicted octanol–water partition coefficient (Wildman–Crippen LogP) is 3.65. The maximum atomic E-state index is 12.6. The fraction of sp³-hybridized carbons (Fsp3) is 0.294. The summed E-state index contributed by atoms with van der Waals surface area (Å²) in [6, 6.07) is 8.22. The van der Waals surface area contributed by atoms with Crippen LogP contribution >= 0.6 is 22.9 Å². The molecule has 0 unspecified atom stereocenters. The van der Waals surface area contributed by atoms with E-state index in [0.29, 0.717) is 34.3 Å². The zero-order chi connectivity index (χ0) is 17.1. The van der Waals surface area contributed by atoms with Gasteiger partial charge in [0.2, 0.25) is 5.91 Å². The lowest BCUT2D eigenvalue weighted by Crippen LogP contribution is -2.42. The van der Waals surface area contributed by atoms with E-state index in [4.69, 9.17) is 16.3 Å². The highest BCUT2D eigenvalue weighted by Gasteiger charge is 2.34. The number of carbonyl (C=O) groups excluding carboxylic acids is 2. The van der Waals surface area contributed by atoms with Gasteiger partial charge in [0.15, 0.2) is 0 Å². The molecule has 1 aromatic heterocycles. The Balaban J connectivity index is 1.72. The van der Waals surface area contributed by atoms with Crippen molar-refractivity contribution >= 4 is 40.4 Å². The van der Waals surface area contributed by atoms with E-state index in [0.717, 1.165) is 6.42 Å². The number of anilines is 1. The van der Waals surface area contributed by atoms with Crippen molar-refractivity contribution in [2.75, 3.05) is 19.0 Å². The SMILES string of the molecule is COc1ccc(NC(=O)[C@H]2CCCN2C(=O)c2cccs2)cc1Cl. The van der Waals surface area contributed by atoms with Crippen molar-refractivity contribution in [3.8, 4) is 5.75 Å². The summed E-state index contributed by atoms with van der Waals surface area (Å²) >= 11 is 7.47. The molecule has 1 fully saturated rings. The molecule has 1 saturated heterocycles. The van der Waals surface area contributed by atoms with Crippen molar-refractivity contribution in [2.45, 2.75) is 18.9 Å². The maximum absolute atomic E-state index is 12.6. The summed E-state index contributed by atoms with van der Waals surface area (Å²) in [4.78, 5) is 27.4. The number of halogens is 1. The molecule has 0 saturated carbocycles. The smallest absolute Gasteiger partial charge is 0.264 e. The second-order valence-corrected chi connectivity index (χ2v) is 6.83. The first kappa shape index (κ1) is 16.8. The second-order valence-electron chi connectivity index (χ2n) is 5.47. The zero-order valence-electron chi connectivity index (χ0n) is 13.1. The molecule has 3 rings (SSSR count). The van der Waals surface area contributed by atoms with Gasteiger partial charge in [-0.15, -0.1) is 11.3 Å². The predicted molar refractivity (Wildman–Crippen MR) is 95.0 cm³/mol. The molecule has 2 heterocycles. The van der Waals surface area contributed by atoms with Crippen LogP contribution in [0.5, 0.6) is 5.75 Å². The Morgan fingerprint density at radius 2 is 2.21 bits per heavy atom. The molecular weight excluding hydrogens is 348 g/mol. The minimum absolute atomic E-state index is 0.0876. The first-order valence-electron chi connectivity index (χ1n) is 7.59. The van der Waals surface area contributed by atoms with Crippen LogP contribution in [0.4, 0.5) is 5.69 Å². The molecule has 5 nitrogen and oxygen atoms in total. The number of methoxy groups -OCH3 is 1. The monoisotopic (exact) mass is 364 g/mol.